The second kappa shape index (κ2) is 4.37. The molecule has 17 heavy (non-hydrogen) atoms. The zero-order valence-corrected chi connectivity index (χ0v) is 9.27. The lowest BCUT2D eigenvalue weighted by molar-refractivity contribution is 0.0699. The van der Waals surface area contributed by atoms with Crippen molar-refractivity contribution in [3.8, 4) is 0 Å². The van der Waals surface area contributed by atoms with Gasteiger partial charge >= 0.3 is 5.97 Å². The van der Waals surface area contributed by atoms with Crippen molar-refractivity contribution in [2.24, 2.45) is 5.11 Å². The van der Waals surface area contributed by atoms with E-state index >= 15 is 0 Å². The van der Waals surface area contributed by atoms with E-state index in [1.807, 2.05) is 0 Å². The third-order valence-corrected chi connectivity index (χ3v) is 2.69. The van der Waals surface area contributed by atoms with E-state index in [2.05, 4.69) is 15.0 Å². The first kappa shape index (κ1) is 11.3. The maximum absolute atomic E-state index is 11.1. The van der Waals surface area contributed by atoms with Crippen LogP contribution >= 0.6 is 11.6 Å². The van der Waals surface area contributed by atoms with Gasteiger partial charge in [0.1, 0.15) is 0 Å². The Labute approximate surface area is 100 Å². The number of nitrogens with one attached hydrogen (secondary N) is 1. The molecule has 0 unspecified atom stereocenters. The minimum Gasteiger partial charge on any atom is -0.478 e. The summed E-state index contributed by atoms with van der Waals surface area (Å²) in [5.74, 6) is -1.09. The number of benzene rings is 1. The van der Waals surface area contributed by atoms with E-state index in [4.69, 9.17) is 22.2 Å². The Kier molecular flexibility index (Phi) is 2.91. The average molecular weight is 251 g/mol. The van der Waals surface area contributed by atoms with E-state index in [0.717, 1.165) is 0 Å². The number of aromatic amines is 1. The molecule has 1 heterocycles. The first-order valence-electron chi connectivity index (χ1n) is 4.67. The second-order valence-electron chi connectivity index (χ2n) is 3.35. The lowest BCUT2D eigenvalue weighted by Gasteiger charge is -2.05. The maximum Gasteiger partial charge on any atom is 0.337 e. The first-order valence-corrected chi connectivity index (χ1v) is 5.05. The maximum atomic E-state index is 11.1. The predicted octanol–water partition coefficient (Wildman–Crippen LogP) is 3.33. The number of H-pyrrole nitrogens is 1. The summed E-state index contributed by atoms with van der Waals surface area (Å²) >= 11 is 5.91. The minimum absolute atomic E-state index is 0.0487. The van der Waals surface area contributed by atoms with Crippen LogP contribution in [-0.2, 0) is 6.54 Å². The van der Waals surface area contributed by atoms with Crippen LogP contribution in [0.25, 0.3) is 21.3 Å². The summed E-state index contributed by atoms with van der Waals surface area (Å²) in [6.07, 6.45) is 1.62. The smallest absolute Gasteiger partial charge is 0.337 e. The Balaban J connectivity index is 2.73. The lowest BCUT2D eigenvalue weighted by Crippen LogP contribution is -2.00. The molecule has 1 aromatic heterocycles. The van der Waals surface area contributed by atoms with Crippen LogP contribution in [0.2, 0.25) is 5.02 Å². The molecule has 2 rings (SSSR count). The Bertz CT molecular complexity index is 643. The number of aromatic carboxylic acids is 1. The van der Waals surface area contributed by atoms with Crippen molar-refractivity contribution < 1.29 is 9.90 Å². The van der Waals surface area contributed by atoms with E-state index in [-0.39, 0.29) is 17.1 Å². The summed E-state index contributed by atoms with van der Waals surface area (Å²) in [6, 6.07) is 3.13. The summed E-state index contributed by atoms with van der Waals surface area (Å²) < 4.78 is 0. The molecule has 6 nitrogen and oxygen atoms in total. The van der Waals surface area contributed by atoms with Crippen LogP contribution in [0, 0.1) is 0 Å². The number of hydrogen-bond donors (Lipinski definition) is 2. The number of aromatic nitrogens is 1. The Morgan fingerprint density at radius 2 is 2.41 bits per heavy atom. The lowest BCUT2D eigenvalue weighted by atomic mass is 10.1. The van der Waals surface area contributed by atoms with Crippen molar-refractivity contribution in [3.05, 3.63) is 44.9 Å². The van der Waals surface area contributed by atoms with Gasteiger partial charge in [0, 0.05) is 22.0 Å². The van der Waals surface area contributed by atoms with Gasteiger partial charge in [-0.3, -0.25) is 0 Å². The van der Waals surface area contributed by atoms with E-state index in [9.17, 15) is 4.79 Å². The monoisotopic (exact) mass is 250 g/mol. The highest BCUT2D eigenvalue weighted by Crippen LogP contribution is 2.29. The van der Waals surface area contributed by atoms with Crippen LogP contribution < -0.4 is 0 Å². The zero-order chi connectivity index (χ0) is 12.4. The Hall–Kier alpha value is -2.17. The van der Waals surface area contributed by atoms with E-state index in [1.54, 1.807) is 12.3 Å². The molecule has 0 fully saturated rings. The van der Waals surface area contributed by atoms with Gasteiger partial charge in [0.05, 0.1) is 17.1 Å². The first-order chi connectivity index (χ1) is 8.15. The Morgan fingerprint density at radius 1 is 1.65 bits per heavy atom. The van der Waals surface area contributed by atoms with Gasteiger partial charge in [-0.05, 0) is 23.2 Å². The van der Waals surface area contributed by atoms with Crippen molar-refractivity contribution in [2.75, 3.05) is 0 Å². The number of carbonyl (C=O) groups is 1. The van der Waals surface area contributed by atoms with Crippen molar-refractivity contribution in [3.63, 3.8) is 0 Å². The molecule has 0 aliphatic heterocycles. The van der Waals surface area contributed by atoms with E-state index in [1.165, 1.54) is 6.07 Å². The fraction of sp³-hybridized carbons (Fsp3) is 0.100. The molecule has 0 bridgehead atoms. The highest BCUT2D eigenvalue weighted by molar-refractivity contribution is 6.35. The summed E-state index contributed by atoms with van der Waals surface area (Å²) in [6.45, 7) is 0.118. The van der Waals surface area contributed by atoms with Crippen molar-refractivity contribution >= 4 is 28.5 Å². The number of rotatable bonds is 3. The van der Waals surface area contributed by atoms with E-state index in [0.29, 0.717) is 16.5 Å². The van der Waals surface area contributed by atoms with Crippen molar-refractivity contribution in [2.45, 2.75) is 6.54 Å². The van der Waals surface area contributed by atoms with Gasteiger partial charge in [0.15, 0.2) is 0 Å². The largest absolute Gasteiger partial charge is 0.478 e. The molecule has 1 aromatic carbocycles. The fourth-order valence-corrected chi connectivity index (χ4v) is 2.03. The molecule has 2 N–H and O–H groups in total. The number of azide groups is 1. The number of halogens is 1. The number of carboxylic acids is 1. The quantitative estimate of drug-likeness (QED) is 0.496. The van der Waals surface area contributed by atoms with Gasteiger partial charge in [-0.15, -0.1) is 0 Å². The summed E-state index contributed by atoms with van der Waals surface area (Å²) in [5.41, 5.74) is 9.62. The predicted molar refractivity (Wildman–Crippen MR) is 63.1 cm³/mol. The van der Waals surface area contributed by atoms with Gasteiger partial charge in [0.2, 0.25) is 0 Å². The summed E-state index contributed by atoms with van der Waals surface area (Å²) in [7, 11) is 0. The molecule has 0 aliphatic rings. The van der Waals surface area contributed by atoms with Gasteiger partial charge in [0.25, 0.3) is 0 Å². The third kappa shape index (κ3) is 1.91. The summed E-state index contributed by atoms with van der Waals surface area (Å²) in [4.78, 5) is 16.7. The normalized spacial score (nSPS) is 10.2. The average Bonchev–Trinajstić information content (AvgIpc) is 2.73. The van der Waals surface area contributed by atoms with Crippen LogP contribution in [0.5, 0.6) is 0 Å². The molecule has 0 atom stereocenters. The number of fused-ring (bicyclic) bond motifs is 1. The van der Waals surface area contributed by atoms with Crippen LogP contribution in [0.1, 0.15) is 15.9 Å². The SMILES string of the molecule is [N-]=[N+]=NCc1cc(Cl)c(C(=O)O)c2cc[nH]c12. The third-order valence-electron chi connectivity index (χ3n) is 2.40. The minimum atomic E-state index is -1.09. The molecular formula is C10H7ClN4O2. The molecule has 0 saturated heterocycles. The van der Waals surface area contributed by atoms with Crippen LogP contribution in [0.3, 0.4) is 0 Å². The van der Waals surface area contributed by atoms with Crippen molar-refractivity contribution in [1.82, 2.24) is 4.98 Å². The number of carboxylic acid groups (broad SMARTS) is 1. The zero-order valence-electron chi connectivity index (χ0n) is 8.51. The van der Waals surface area contributed by atoms with Crippen LogP contribution in [0.4, 0.5) is 0 Å². The molecule has 2 aromatic rings. The molecule has 0 amide bonds. The fourth-order valence-electron chi connectivity index (χ4n) is 1.72. The van der Waals surface area contributed by atoms with Crippen LogP contribution in [0.15, 0.2) is 23.4 Å². The standard InChI is InChI=1S/C10H7ClN4O2/c11-7-3-5(4-14-15-12)9-6(1-2-13-9)8(7)10(16)17/h1-3,13H,4H2,(H,16,17). The second-order valence-corrected chi connectivity index (χ2v) is 3.76. The Morgan fingerprint density at radius 3 is 3.06 bits per heavy atom. The molecule has 86 valence electrons. The van der Waals surface area contributed by atoms with Crippen LogP contribution in [-0.4, -0.2) is 16.1 Å². The van der Waals surface area contributed by atoms with Crippen molar-refractivity contribution in [1.29, 1.82) is 0 Å². The van der Waals surface area contributed by atoms with Gasteiger partial charge in [-0.2, -0.15) is 0 Å². The number of nitrogens with zero attached hydrogens (tertiary/aromatic N) is 3. The molecule has 0 saturated carbocycles. The van der Waals surface area contributed by atoms with Gasteiger partial charge in [-0.1, -0.05) is 16.7 Å². The molecule has 0 aliphatic carbocycles. The number of hydrogen-bond acceptors (Lipinski definition) is 2. The molecule has 0 spiro atoms. The highest BCUT2D eigenvalue weighted by atomic mass is 35.5. The highest BCUT2D eigenvalue weighted by Gasteiger charge is 2.16. The van der Waals surface area contributed by atoms with Gasteiger partial charge < -0.3 is 10.1 Å². The molecular weight excluding hydrogens is 244 g/mol. The van der Waals surface area contributed by atoms with Gasteiger partial charge in [-0.25, -0.2) is 4.79 Å². The topological polar surface area (TPSA) is 102 Å². The van der Waals surface area contributed by atoms with E-state index < -0.39 is 5.97 Å². The summed E-state index contributed by atoms with van der Waals surface area (Å²) in [5, 5.41) is 13.2. The molecule has 7 heteroatoms. The molecule has 0 radical (unpaired) electrons.